The fourth-order valence-electron chi connectivity index (χ4n) is 8.92. The van der Waals surface area contributed by atoms with Gasteiger partial charge in [0.2, 0.25) is 0 Å². The highest BCUT2D eigenvalue weighted by molar-refractivity contribution is 6.06. The summed E-state index contributed by atoms with van der Waals surface area (Å²) in [5, 5.41) is 7.13. The van der Waals surface area contributed by atoms with Crippen molar-refractivity contribution in [3.05, 3.63) is 199 Å². The van der Waals surface area contributed by atoms with E-state index in [4.69, 9.17) is 4.42 Å². The first-order chi connectivity index (χ1) is 27.0. The molecule has 0 unspecified atom stereocenters. The van der Waals surface area contributed by atoms with Gasteiger partial charge in [-0.25, -0.2) is 0 Å². The van der Waals surface area contributed by atoms with E-state index in [1.165, 1.54) is 66.1 Å². The van der Waals surface area contributed by atoms with Crippen LogP contribution in [0.15, 0.2) is 192 Å². The van der Waals surface area contributed by atoms with Gasteiger partial charge in [0, 0.05) is 39.3 Å². The normalized spacial score (nSPS) is 13.1. The molecule has 10 aromatic rings. The zero-order valence-electron chi connectivity index (χ0n) is 30.8. The molecular weight excluding hydrogens is 667 g/mol. The maximum absolute atomic E-state index is 6.44. The average molecular weight is 704 g/mol. The van der Waals surface area contributed by atoms with E-state index in [2.05, 4.69) is 195 Å². The van der Waals surface area contributed by atoms with E-state index in [0.29, 0.717) is 0 Å². The summed E-state index contributed by atoms with van der Waals surface area (Å²) < 4.78 is 6.44. The van der Waals surface area contributed by atoms with Gasteiger partial charge in [-0.1, -0.05) is 135 Å². The molecule has 1 aliphatic carbocycles. The van der Waals surface area contributed by atoms with Crippen LogP contribution in [0.1, 0.15) is 25.0 Å². The average Bonchev–Trinajstić information content (AvgIpc) is 3.72. The van der Waals surface area contributed by atoms with Crippen LogP contribution in [0.5, 0.6) is 0 Å². The molecule has 0 N–H and O–H groups in total. The molecule has 0 fully saturated rings. The second-order valence-electron chi connectivity index (χ2n) is 15.4. The van der Waals surface area contributed by atoms with Gasteiger partial charge in [-0.3, -0.25) is 0 Å². The lowest BCUT2D eigenvalue weighted by molar-refractivity contribution is 0.660. The van der Waals surface area contributed by atoms with Gasteiger partial charge in [0.15, 0.2) is 0 Å². The maximum atomic E-state index is 6.44. The first kappa shape index (κ1) is 31.6. The van der Waals surface area contributed by atoms with Gasteiger partial charge < -0.3 is 9.32 Å². The summed E-state index contributed by atoms with van der Waals surface area (Å²) in [5.74, 6) is 0. The number of furan rings is 1. The van der Waals surface area contributed by atoms with Crippen LogP contribution >= 0.6 is 0 Å². The number of hydrogen-bond donors (Lipinski definition) is 0. The molecule has 0 saturated heterocycles. The molecule has 260 valence electrons. The Balaban J connectivity index is 1.05. The van der Waals surface area contributed by atoms with Crippen LogP contribution in [-0.2, 0) is 5.41 Å². The van der Waals surface area contributed by atoms with Gasteiger partial charge in [-0.15, -0.1) is 0 Å². The summed E-state index contributed by atoms with van der Waals surface area (Å²) in [4.78, 5) is 2.39. The minimum absolute atomic E-state index is 0.115. The van der Waals surface area contributed by atoms with Crippen molar-refractivity contribution in [2.24, 2.45) is 0 Å². The molecule has 0 atom stereocenters. The first-order valence-electron chi connectivity index (χ1n) is 19.1. The van der Waals surface area contributed by atoms with Crippen molar-refractivity contribution >= 4 is 60.5 Å². The van der Waals surface area contributed by atoms with Gasteiger partial charge in [0.1, 0.15) is 11.2 Å². The van der Waals surface area contributed by atoms with E-state index in [1.54, 1.807) is 0 Å². The van der Waals surface area contributed by atoms with Gasteiger partial charge in [0.05, 0.1) is 0 Å². The minimum Gasteiger partial charge on any atom is -0.456 e. The van der Waals surface area contributed by atoms with Crippen LogP contribution in [-0.4, -0.2) is 0 Å². The SMILES string of the molecule is CC1(C)c2ccccc2-c2ccc(N(c3ccc4ccc(-c5ccc6ccc(-c7ccccc7)cc6c5)cc4c3)c3ccc4c(c3)oc3ccccc34)cc21. The fraction of sp³-hybridized carbons (Fsp3) is 0.0566. The van der Waals surface area contributed by atoms with Gasteiger partial charge in [-0.05, 0) is 127 Å². The summed E-state index contributed by atoms with van der Waals surface area (Å²) in [7, 11) is 0. The number of anilines is 3. The molecule has 0 radical (unpaired) electrons. The zero-order valence-corrected chi connectivity index (χ0v) is 30.8. The van der Waals surface area contributed by atoms with Crippen LogP contribution in [0.2, 0.25) is 0 Å². The number of hydrogen-bond acceptors (Lipinski definition) is 2. The second-order valence-corrected chi connectivity index (χ2v) is 15.4. The molecule has 0 bridgehead atoms. The minimum atomic E-state index is -0.115. The van der Waals surface area contributed by atoms with Crippen molar-refractivity contribution in [1.82, 2.24) is 0 Å². The molecule has 55 heavy (non-hydrogen) atoms. The van der Waals surface area contributed by atoms with E-state index in [-0.39, 0.29) is 5.41 Å². The topological polar surface area (TPSA) is 16.4 Å². The van der Waals surface area contributed by atoms with Crippen molar-refractivity contribution in [3.63, 3.8) is 0 Å². The predicted molar refractivity (Wildman–Crippen MR) is 232 cm³/mol. The van der Waals surface area contributed by atoms with E-state index >= 15 is 0 Å². The third kappa shape index (κ3) is 5.10. The second kappa shape index (κ2) is 12.1. The molecule has 0 spiro atoms. The van der Waals surface area contributed by atoms with Crippen molar-refractivity contribution in [2.75, 3.05) is 4.90 Å². The highest BCUT2D eigenvalue weighted by atomic mass is 16.3. The lowest BCUT2D eigenvalue weighted by atomic mass is 9.82. The standard InChI is InChI=1S/C53H37NO/c1-53(2)49-14-8-6-12-45(49)46-26-24-43(32-50(46)53)54(44-25-27-48-47-13-7-9-15-51(47)55-52(48)33-44)42-23-22-36-18-21-39(30-41(36)31-42)38-20-17-35-16-19-37(28-40(35)29-38)34-10-4-3-5-11-34/h3-33H,1-2H3. The Morgan fingerprint density at radius 1 is 0.364 bits per heavy atom. The number of fused-ring (bicyclic) bond motifs is 8. The van der Waals surface area contributed by atoms with Crippen molar-refractivity contribution in [1.29, 1.82) is 0 Å². The van der Waals surface area contributed by atoms with E-state index in [1.807, 2.05) is 12.1 Å². The Hall–Kier alpha value is -6.90. The Labute approximate surface area is 320 Å². The number of para-hydroxylation sites is 1. The smallest absolute Gasteiger partial charge is 0.137 e. The highest BCUT2D eigenvalue weighted by Crippen LogP contribution is 2.51. The molecule has 11 rings (SSSR count). The van der Waals surface area contributed by atoms with Crippen molar-refractivity contribution in [3.8, 4) is 33.4 Å². The van der Waals surface area contributed by atoms with E-state index in [9.17, 15) is 0 Å². The maximum Gasteiger partial charge on any atom is 0.137 e. The zero-order chi connectivity index (χ0) is 36.7. The molecule has 0 saturated carbocycles. The highest BCUT2D eigenvalue weighted by Gasteiger charge is 2.35. The largest absolute Gasteiger partial charge is 0.456 e. The van der Waals surface area contributed by atoms with Gasteiger partial charge >= 0.3 is 0 Å². The van der Waals surface area contributed by atoms with Crippen LogP contribution in [0, 0.1) is 0 Å². The number of benzene rings is 9. The first-order valence-corrected chi connectivity index (χ1v) is 19.1. The lowest BCUT2D eigenvalue weighted by Gasteiger charge is -2.28. The Kier molecular flexibility index (Phi) is 6.93. The van der Waals surface area contributed by atoms with E-state index < -0.39 is 0 Å². The molecule has 2 heteroatoms. The molecule has 1 aromatic heterocycles. The summed E-state index contributed by atoms with van der Waals surface area (Å²) in [6.45, 7) is 4.69. The number of nitrogens with zero attached hydrogens (tertiary/aromatic N) is 1. The number of rotatable bonds is 5. The molecule has 0 amide bonds. The lowest BCUT2D eigenvalue weighted by Crippen LogP contribution is -2.16. The van der Waals surface area contributed by atoms with Gasteiger partial charge in [-0.2, -0.15) is 0 Å². The summed E-state index contributed by atoms with van der Waals surface area (Å²) in [6, 6.07) is 68.6. The molecule has 1 heterocycles. The van der Waals surface area contributed by atoms with Gasteiger partial charge in [0.25, 0.3) is 0 Å². The van der Waals surface area contributed by atoms with Crippen molar-refractivity contribution < 1.29 is 4.42 Å². The molecule has 1 aliphatic rings. The quantitative estimate of drug-likeness (QED) is 0.177. The Bertz CT molecular complexity index is 3130. The van der Waals surface area contributed by atoms with Crippen LogP contribution in [0.3, 0.4) is 0 Å². The molecular formula is C53H37NO. The third-order valence-corrected chi connectivity index (χ3v) is 11.8. The van der Waals surface area contributed by atoms with Crippen LogP contribution in [0.25, 0.3) is 76.9 Å². The summed E-state index contributed by atoms with van der Waals surface area (Å²) in [5.41, 5.74) is 15.2. The Morgan fingerprint density at radius 2 is 0.909 bits per heavy atom. The van der Waals surface area contributed by atoms with Crippen molar-refractivity contribution in [2.45, 2.75) is 19.3 Å². The fourth-order valence-corrected chi connectivity index (χ4v) is 8.92. The van der Waals surface area contributed by atoms with Crippen LogP contribution < -0.4 is 4.90 Å². The summed E-state index contributed by atoms with van der Waals surface area (Å²) in [6.07, 6.45) is 0. The predicted octanol–water partition coefficient (Wildman–Crippen LogP) is 15.0. The van der Waals surface area contributed by atoms with Crippen LogP contribution in [0.4, 0.5) is 17.1 Å². The molecule has 9 aromatic carbocycles. The Morgan fingerprint density at radius 3 is 1.69 bits per heavy atom. The third-order valence-electron chi connectivity index (χ3n) is 11.8. The summed E-state index contributed by atoms with van der Waals surface area (Å²) >= 11 is 0. The van der Waals surface area contributed by atoms with E-state index in [0.717, 1.165) is 39.0 Å². The molecule has 2 nitrogen and oxygen atoms in total. The molecule has 0 aliphatic heterocycles. The monoisotopic (exact) mass is 703 g/mol.